The summed E-state index contributed by atoms with van der Waals surface area (Å²) in [4.78, 5) is 24.5. The average Bonchev–Trinajstić information content (AvgIpc) is 2.72. The Balaban J connectivity index is 1.91. The van der Waals surface area contributed by atoms with Crippen molar-refractivity contribution in [1.29, 1.82) is 0 Å². The van der Waals surface area contributed by atoms with Crippen LogP contribution in [0.3, 0.4) is 0 Å². The Labute approximate surface area is 111 Å². The molecule has 1 fully saturated rings. The fraction of sp³-hybridized carbons (Fsp3) is 0.583. The minimum absolute atomic E-state index is 0.0162. The molecule has 0 saturated carbocycles. The molecule has 0 aromatic carbocycles. The first-order valence-electron chi connectivity index (χ1n) is 6.16. The third kappa shape index (κ3) is 2.60. The lowest BCUT2D eigenvalue weighted by molar-refractivity contribution is -0.151. The maximum absolute atomic E-state index is 12.1. The molecule has 1 saturated heterocycles. The summed E-state index contributed by atoms with van der Waals surface area (Å²) < 4.78 is 1.59. The summed E-state index contributed by atoms with van der Waals surface area (Å²) in [6.07, 6.45) is 3.28. The van der Waals surface area contributed by atoms with Crippen molar-refractivity contribution in [2.75, 3.05) is 13.1 Å². The monoisotopic (exact) mass is 266 g/mol. The van der Waals surface area contributed by atoms with Gasteiger partial charge in [0.2, 0.25) is 5.91 Å². The first-order valence-corrected chi connectivity index (χ1v) is 6.16. The topological polar surface area (TPSA) is 101 Å². The van der Waals surface area contributed by atoms with Crippen LogP contribution in [0.25, 0.3) is 0 Å². The van der Waals surface area contributed by atoms with E-state index in [4.69, 9.17) is 10.8 Å². The minimum Gasteiger partial charge on any atom is -0.481 e. The lowest BCUT2D eigenvalue weighted by Gasteiger charge is -2.42. The zero-order valence-electron chi connectivity index (χ0n) is 11.0. The molecule has 1 amide bonds. The Morgan fingerprint density at radius 1 is 1.53 bits per heavy atom. The highest BCUT2D eigenvalue weighted by Gasteiger charge is 2.38. The number of carbonyl (C=O) groups excluding carboxylic acids is 1. The van der Waals surface area contributed by atoms with Crippen molar-refractivity contribution in [1.82, 2.24) is 14.7 Å². The summed E-state index contributed by atoms with van der Waals surface area (Å²) in [6.45, 7) is 2.58. The molecular weight excluding hydrogens is 248 g/mol. The summed E-state index contributed by atoms with van der Waals surface area (Å²) >= 11 is 0. The molecule has 7 heteroatoms. The van der Waals surface area contributed by atoms with E-state index >= 15 is 0 Å². The van der Waals surface area contributed by atoms with Crippen LogP contribution in [-0.4, -0.2) is 44.8 Å². The molecular formula is C12H18N4O3. The van der Waals surface area contributed by atoms with Gasteiger partial charge in [-0.05, 0) is 0 Å². The maximum atomic E-state index is 12.1. The van der Waals surface area contributed by atoms with Crippen molar-refractivity contribution in [3.05, 3.63) is 18.0 Å². The van der Waals surface area contributed by atoms with Crippen molar-refractivity contribution in [3.8, 4) is 0 Å². The second-order valence-corrected chi connectivity index (χ2v) is 5.06. The zero-order valence-corrected chi connectivity index (χ0v) is 11.0. The van der Waals surface area contributed by atoms with Gasteiger partial charge in [-0.1, -0.05) is 6.92 Å². The van der Waals surface area contributed by atoms with E-state index in [0.29, 0.717) is 18.7 Å². The fourth-order valence-electron chi connectivity index (χ4n) is 2.15. The number of likely N-dealkylation sites (tertiary alicyclic amines) is 1. The molecule has 1 aliphatic rings. The average molecular weight is 266 g/mol. The standard InChI is InChI=1S/C12H18N4O3/c1-7(12(18)19)9-5-16(6-9)11(17)10(13)8-3-14-15(2)4-8/h3-4,7,9-10H,5-6,13H2,1-2H3,(H,18,19). The SMILES string of the molecule is CC(C(=O)O)C1CN(C(=O)C(N)c2cnn(C)c2)C1. The van der Waals surface area contributed by atoms with Gasteiger partial charge in [-0.2, -0.15) is 5.10 Å². The molecule has 104 valence electrons. The van der Waals surface area contributed by atoms with Crippen molar-refractivity contribution in [2.24, 2.45) is 24.6 Å². The van der Waals surface area contributed by atoms with E-state index in [-0.39, 0.29) is 11.8 Å². The molecule has 19 heavy (non-hydrogen) atoms. The highest BCUT2D eigenvalue weighted by Crippen LogP contribution is 2.26. The summed E-state index contributed by atoms with van der Waals surface area (Å²) in [5, 5.41) is 12.9. The number of hydrogen-bond acceptors (Lipinski definition) is 4. The highest BCUT2D eigenvalue weighted by molar-refractivity contribution is 5.84. The van der Waals surface area contributed by atoms with E-state index in [2.05, 4.69) is 5.10 Å². The number of aryl methyl sites for hydroxylation is 1. The van der Waals surface area contributed by atoms with Crippen molar-refractivity contribution in [2.45, 2.75) is 13.0 Å². The number of aliphatic carboxylic acids is 1. The van der Waals surface area contributed by atoms with E-state index in [1.807, 2.05) is 0 Å². The molecule has 2 heterocycles. The molecule has 0 bridgehead atoms. The van der Waals surface area contributed by atoms with Crippen LogP contribution in [0.5, 0.6) is 0 Å². The second-order valence-electron chi connectivity index (χ2n) is 5.06. The van der Waals surface area contributed by atoms with Crippen molar-refractivity contribution in [3.63, 3.8) is 0 Å². The van der Waals surface area contributed by atoms with Gasteiger partial charge in [-0.25, -0.2) is 0 Å². The van der Waals surface area contributed by atoms with Crippen LogP contribution in [-0.2, 0) is 16.6 Å². The van der Waals surface area contributed by atoms with E-state index in [1.165, 1.54) is 0 Å². The predicted octanol–water partition coefficient (Wildman–Crippen LogP) is -0.401. The van der Waals surface area contributed by atoms with Crippen molar-refractivity contribution < 1.29 is 14.7 Å². The van der Waals surface area contributed by atoms with Crippen LogP contribution >= 0.6 is 0 Å². The number of carboxylic acids is 1. The van der Waals surface area contributed by atoms with Gasteiger partial charge >= 0.3 is 5.97 Å². The van der Waals surface area contributed by atoms with E-state index < -0.39 is 17.9 Å². The molecule has 0 radical (unpaired) electrons. The molecule has 2 unspecified atom stereocenters. The number of nitrogens with zero attached hydrogens (tertiary/aromatic N) is 3. The normalized spacial score (nSPS) is 18.8. The van der Waals surface area contributed by atoms with Gasteiger partial charge in [-0.3, -0.25) is 14.3 Å². The van der Waals surface area contributed by atoms with Crippen molar-refractivity contribution >= 4 is 11.9 Å². The molecule has 1 aliphatic heterocycles. The van der Waals surface area contributed by atoms with E-state index in [9.17, 15) is 9.59 Å². The van der Waals surface area contributed by atoms with Gasteiger partial charge in [0.15, 0.2) is 0 Å². The number of carbonyl (C=O) groups is 2. The van der Waals surface area contributed by atoms with Gasteiger partial charge in [0.05, 0.1) is 12.1 Å². The summed E-state index contributed by atoms with van der Waals surface area (Å²) in [5.41, 5.74) is 6.55. The molecule has 1 aromatic rings. The minimum atomic E-state index is -0.825. The number of nitrogens with two attached hydrogens (primary N) is 1. The molecule has 2 atom stereocenters. The first-order chi connectivity index (χ1) is 8.90. The van der Waals surface area contributed by atoms with Crippen LogP contribution in [0.2, 0.25) is 0 Å². The Morgan fingerprint density at radius 2 is 2.16 bits per heavy atom. The molecule has 2 rings (SSSR count). The van der Waals surface area contributed by atoms with Gasteiger partial charge in [0, 0.05) is 37.8 Å². The Hall–Kier alpha value is -1.89. The van der Waals surface area contributed by atoms with Gasteiger partial charge < -0.3 is 15.7 Å². The third-order valence-electron chi connectivity index (χ3n) is 3.67. The molecule has 7 nitrogen and oxygen atoms in total. The zero-order chi connectivity index (χ0) is 14.2. The van der Waals surface area contributed by atoms with Gasteiger partial charge in [0.1, 0.15) is 6.04 Å². The summed E-state index contributed by atoms with van der Waals surface area (Å²) in [7, 11) is 1.76. The van der Waals surface area contributed by atoms with Crippen LogP contribution in [0.15, 0.2) is 12.4 Å². The van der Waals surface area contributed by atoms with Crippen LogP contribution in [0.4, 0.5) is 0 Å². The van der Waals surface area contributed by atoms with Gasteiger partial charge in [-0.15, -0.1) is 0 Å². The quantitative estimate of drug-likeness (QED) is 0.772. The number of hydrogen-bond donors (Lipinski definition) is 2. The van der Waals surface area contributed by atoms with Gasteiger partial charge in [0.25, 0.3) is 0 Å². The highest BCUT2D eigenvalue weighted by atomic mass is 16.4. The number of aromatic nitrogens is 2. The molecule has 1 aromatic heterocycles. The number of amides is 1. The summed E-state index contributed by atoms with van der Waals surface area (Å²) in [6, 6.07) is -0.727. The van der Waals surface area contributed by atoms with Crippen LogP contribution in [0.1, 0.15) is 18.5 Å². The Kier molecular flexibility index (Phi) is 3.57. The number of carboxylic acid groups (broad SMARTS) is 1. The molecule has 0 aliphatic carbocycles. The summed E-state index contributed by atoms with van der Waals surface area (Å²) in [5.74, 6) is -1.42. The van der Waals surface area contributed by atoms with Crippen LogP contribution < -0.4 is 5.73 Å². The predicted molar refractivity (Wildman–Crippen MR) is 67.0 cm³/mol. The lowest BCUT2D eigenvalue weighted by Crippen LogP contribution is -2.55. The Bertz CT molecular complexity index is 493. The Morgan fingerprint density at radius 3 is 2.63 bits per heavy atom. The van der Waals surface area contributed by atoms with Crippen LogP contribution in [0, 0.1) is 11.8 Å². The second kappa shape index (κ2) is 5.00. The lowest BCUT2D eigenvalue weighted by atomic mass is 9.86. The third-order valence-corrected chi connectivity index (χ3v) is 3.67. The maximum Gasteiger partial charge on any atom is 0.306 e. The van der Waals surface area contributed by atoms with E-state index in [1.54, 1.807) is 35.9 Å². The fourth-order valence-corrected chi connectivity index (χ4v) is 2.15. The molecule has 0 spiro atoms. The van der Waals surface area contributed by atoms with E-state index in [0.717, 1.165) is 0 Å². The largest absolute Gasteiger partial charge is 0.481 e. The number of rotatable bonds is 4. The smallest absolute Gasteiger partial charge is 0.306 e. The first kappa shape index (κ1) is 13.5. The molecule has 3 N–H and O–H groups in total.